The Kier molecular flexibility index (Phi) is 7.98. The average Bonchev–Trinajstić information content (AvgIpc) is 2.76. The van der Waals surface area contributed by atoms with Crippen molar-refractivity contribution in [1.82, 2.24) is 19.8 Å². The molecule has 1 aliphatic heterocycles. The minimum absolute atomic E-state index is 0.0769. The monoisotopic (exact) mass is 412 g/mol. The first-order valence-corrected chi connectivity index (χ1v) is 10.7. The van der Waals surface area contributed by atoms with Gasteiger partial charge in [-0.25, -0.2) is 9.97 Å². The summed E-state index contributed by atoms with van der Waals surface area (Å²) in [5.74, 6) is 0.568. The predicted octanol–water partition coefficient (Wildman–Crippen LogP) is 1.75. The van der Waals surface area contributed by atoms with Crippen LogP contribution in [0.3, 0.4) is 0 Å². The van der Waals surface area contributed by atoms with Crippen LogP contribution in [0.2, 0.25) is 0 Å². The summed E-state index contributed by atoms with van der Waals surface area (Å²) in [6.07, 6.45) is 1.96. The lowest BCUT2D eigenvalue weighted by Gasteiger charge is -2.35. The summed E-state index contributed by atoms with van der Waals surface area (Å²) in [7, 11) is 0. The molecule has 3 rings (SSSR count). The van der Waals surface area contributed by atoms with E-state index in [-0.39, 0.29) is 18.9 Å². The van der Waals surface area contributed by atoms with Crippen LogP contribution in [0.25, 0.3) is 0 Å². The molecule has 1 aromatic heterocycles. The highest BCUT2D eigenvalue weighted by atomic mass is 16.3. The third kappa shape index (κ3) is 5.90. The number of rotatable bonds is 9. The number of aromatic nitrogens is 2. The molecule has 2 heterocycles. The van der Waals surface area contributed by atoms with Gasteiger partial charge >= 0.3 is 0 Å². The summed E-state index contributed by atoms with van der Waals surface area (Å²) in [4.78, 5) is 27.5. The Morgan fingerprint density at radius 1 is 1.10 bits per heavy atom. The van der Waals surface area contributed by atoms with Crippen LogP contribution in [0.4, 0.5) is 17.3 Å². The lowest BCUT2D eigenvalue weighted by molar-refractivity contribution is -0.130. The lowest BCUT2D eigenvalue weighted by Crippen LogP contribution is -2.47. The maximum absolute atomic E-state index is 12.3. The van der Waals surface area contributed by atoms with Crippen LogP contribution in [0, 0.1) is 0 Å². The molecule has 0 saturated carbocycles. The van der Waals surface area contributed by atoms with E-state index in [0.29, 0.717) is 24.7 Å². The maximum atomic E-state index is 12.3. The highest BCUT2D eigenvalue weighted by Crippen LogP contribution is 2.21. The van der Waals surface area contributed by atoms with Crippen LogP contribution in [0.1, 0.15) is 19.5 Å². The van der Waals surface area contributed by atoms with Gasteiger partial charge in [-0.05, 0) is 44.2 Å². The molecule has 1 saturated heterocycles. The molecular formula is C22H32N6O2. The molecule has 0 unspecified atom stereocenters. The second-order valence-electron chi connectivity index (χ2n) is 7.34. The van der Waals surface area contributed by atoms with Gasteiger partial charge in [0.05, 0.1) is 18.7 Å². The number of benzene rings is 1. The van der Waals surface area contributed by atoms with E-state index in [9.17, 15) is 4.79 Å². The standard InChI is InChI=1S/C22H32N6O2/c1-3-27(4-2)21(30)17-19-9-10-23-22(25-19)24-18-5-7-20(8-6-18)28-13-11-26(12-14-28)15-16-29/h5-10,29H,3-4,11-17H2,1-2H3,(H,23,24,25). The molecule has 1 aliphatic rings. The Hall–Kier alpha value is -2.71. The summed E-state index contributed by atoms with van der Waals surface area (Å²) in [5.41, 5.74) is 2.80. The number of anilines is 3. The number of hydrogen-bond donors (Lipinski definition) is 2. The van der Waals surface area contributed by atoms with Crippen molar-refractivity contribution in [3.63, 3.8) is 0 Å². The third-order valence-corrected chi connectivity index (χ3v) is 5.44. The maximum Gasteiger partial charge on any atom is 0.228 e. The largest absolute Gasteiger partial charge is 0.395 e. The molecule has 162 valence electrons. The van der Waals surface area contributed by atoms with Crippen molar-refractivity contribution in [1.29, 1.82) is 0 Å². The first-order valence-electron chi connectivity index (χ1n) is 10.7. The Morgan fingerprint density at radius 2 is 1.80 bits per heavy atom. The number of aliphatic hydroxyl groups excluding tert-OH is 1. The van der Waals surface area contributed by atoms with Crippen molar-refractivity contribution in [3.05, 3.63) is 42.2 Å². The molecule has 0 atom stereocenters. The summed E-state index contributed by atoms with van der Waals surface area (Å²) >= 11 is 0. The van der Waals surface area contributed by atoms with Gasteiger partial charge in [-0.3, -0.25) is 9.69 Å². The second-order valence-corrected chi connectivity index (χ2v) is 7.34. The molecule has 0 spiro atoms. The zero-order valence-corrected chi connectivity index (χ0v) is 17.9. The van der Waals surface area contributed by atoms with Crippen molar-refractivity contribution < 1.29 is 9.90 Å². The SMILES string of the molecule is CCN(CC)C(=O)Cc1ccnc(Nc2ccc(N3CCN(CCO)CC3)cc2)n1. The summed E-state index contributed by atoms with van der Waals surface area (Å²) < 4.78 is 0. The van der Waals surface area contributed by atoms with Crippen LogP contribution in [0.15, 0.2) is 36.5 Å². The van der Waals surface area contributed by atoms with Gasteiger partial charge in [-0.15, -0.1) is 0 Å². The highest BCUT2D eigenvalue weighted by Gasteiger charge is 2.16. The normalized spacial score (nSPS) is 14.6. The quantitative estimate of drug-likeness (QED) is 0.649. The van der Waals surface area contributed by atoms with Crippen LogP contribution in [-0.2, 0) is 11.2 Å². The van der Waals surface area contributed by atoms with Gasteiger partial charge in [-0.1, -0.05) is 0 Å². The van der Waals surface area contributed by atoms with Gasteiger partial charge < -0.3 is 20.2 Å². The Labute approximate surface area is 178 Å². The highest BCUT2D eigenvalue weighted by molar-refractivity contribution is 5.78. The van der Waals surface area contributed by atoms with Crippen LogP contribution >= 0.6 is 0 Å². The van der Waals surface area contributed by atoms with Gasteiger partial charge in [0.25, 0.3) is 0 Å². The number of aliphatic hydroxyl groups is 1. The Balaban J connectivity index is 1.57. The molecular weight excluding hydrogens is 380 g/mol. The lowest BCUT2D eigenvalue weighted by atomic mass is 10.2. The van der Waals surface area contributed by atoms with Gasteiger partial charge in [0.2, 0.25) is 11.9 Å². The van der Waals surface area contributed by atoms with E-state index < -0.39 is 0 Å². The topological polar surface area (TPSA) is 84.8 Å². The van der Waals surface area contributed by atoms with Crippen molar-refractivity contribution >= 4 is 23.2 Å². The molecule has 0 radical (unpaired) electrons. The van der Waals surface area contributed by atoms with E-state index in [1.54, 1.807) is 17.2 Å². The van der Waals surface area contributed by atoms with E-state index in [2.05, 4.69) is 37.2 Å². The van der Waals surface area contributed by atoms with Gasteiger partial charge in [0.15, 0.2) is 0 Å². The van der Waals surface area contributed by atoms with E-state index in [1.165, 1.54) is 5.69 Å². The molecule has 30 heavy (non-hydrogen) atoms. The second kappa shape index (κ2) is 10.9. The molecule has 1 amide bonds. The fraction of sp³-hybridized carbons (Fsp3) is 0.500. The van der Waals surface area contributed by atoms with Crippen molar-refractivity contribution in [2.75, 3.05) is 62.6 Å². The van der Waals surface area contributed by atoms with Gasteiger partial charge in [-0.2, -0.15) is 0 Å². The van der Waals surface area contributed by atoms with E-state index in [1.807, 2.05) is 26.0 Å². The molecule has 1 aromatic carbocycles. The number of β-amino-alcohol motifs (C(OH)–C–C–N with tert-alkyl or cyclic N) is 1. The molecule has 1 fully saturated rings. The number of carbonyl (C=O) groups excluding carboxylic acids is 1. The van der Waals surface area contributed by atoms with Crippen LogP contribution in [0.5, 0.6) is 0 Å². The number of hydrogen-bond acceptors (Lipinski definition) is 7. The van der Waals surface area contributed by atoms with Crippen LogP contribution in [-0.4, -0.2) is 83.2 Å². The number of nitrogens with one attached hydrogen (secondary N) is 1. The number of nitrogens with zero attached hydrogens (tertiary/aromatic N) is 5. The van der Waals surface area contributed by atoms with Gasteiger partial charge in [0, 0.05) is 63.4 Å². The molecule has 2 aromatic rings. The molecule has 8 heteroatoms. The molecule has 0 bridgehead atoms. The van der Waals surface area contributed by atoms with Gasteiger partial charge in [0.1, 0.15) is 0 Å². The molecule has 0 aliphatic carbocycles. The predicted molar refractivity (Wildman–Crippen MR) is 119 cm³/mol. The van der Waals surface area contributed by atoms with E-state index >= 15 is 0 Å². The minimum atomic E-state index is 0.0769. The minimum Gasteiger partial charge on any atom is -0.395 e. The summed E-state index contributed by atoms with van der Waals surface area (Å²) in [6, 6.07) is 10.0. The summed E-state index contributed by atoms with van der Waals surface area (Å²) in [6.45, 7) is 10.2. The van der Waals surface area contributed by atoms with E-state index in [0.717, 1.165) is 38.4 Å². The number of amides is 1. The third-order valence-electron chi connectivity index (χ3n) is 5.44. The zero-order valence-electron chi connectivity index (χ0n) is 17.9. The zero-order chi connectivity index (χ0) is 21.3. The van der Waals surface area contributed by atoms with Crippen molar-refractivity contribution in [2.45, 2.75) is 20.3 Å². The fourth-order valence-corrected chi connectivity index (χ4v) is 3.65. The Bertz CT molecular complexity index is 802. The average molecular weight is 413 g/mol. The van der Waals surface area contributed by atoms with E-state index in [4.69, 9.17) is 5.11 Å². The number of carbonyl (C=O) groups is 1. The number of likely N-dealkylation sites (N-methyl/N-ethyl adjacent to an activating group) is 1. The Morgan fingerprint density at radius 3 is 2.43 bits per heavy atom. The van der Waals surface area contributed by atoms with Crippen molar-refractivity contribution in [2.24, 2.45) is 0 Å². The smallest absolute Gasteiger partial charge is 0.228 e. The van der Waals surface area contributed by atoms with Crippen molar-refractivity contribution in [3.8, 4) is 0 Å². The number of piperazine rings is 1. The fourth-order valence-electron chi connectivity index (χ4n) is 3.65. The first kappa shape index (κ1) is 22.0. The molecule has 8 nitrogen and oxygen atoms in total. The first-order chi connectivity index (χ1) is 14.6. The van der Waals surface area contributed by atoms with Crippen LogP contribution < -0.4 is 10.2 Å². The molecule has 2 N–H and O–H groups in total. The summed E-state index contributed by atoms with van der Waals surface area (Å²) in [5, 5.41) is 12.3.